The molecule has 0 amide bonds. The molecule has 3 nitrogen and oxygen atoms in total. The van der Waals surface area contributed by atoms with Crippen LogP contribution in [0.5, 0.6) is 0 Å². The van der Waals surface area contributed by atoms with Gasteiger partial charge in [0.1, 0.15) is 0 Å². The van der Waals surface area contributed by atoms with Gasteiger partial charge in [0.25, 0.3) is 0 Å². The lowest BCUT2D eigenvalue weighted by Crippen LogP contribution is -2.40. The smallest absolute Gasteiger partial charge is 0.0695 e. The molecule has 18 heavy (non-hydrogen) atoms. The molecule has 2 N–H and O–H groups in total. The average Bonchev–Trinajstić information content (AvgIpc) is 2.80. The van der Waals surface area contributed by atoms with Crippen LogP contribution in [0.4, 0.5) is 0 Å². The number of nitrogens with two attached hydrogens (primary N) is 1. The van der Waals surface area contributed by atoms with Crippen molar-refractivity contribution in [2.75, 3.05) is 20.2 Å². The third-order valence-electron chi connectivity index (χ3n) is 4.25. The molecule has 1 fully saturated rings. The zero-order valence-corrected chi connectivity index (χ0v) is 11.5. The Labute approximate surface area is 110 Å². The van der Waals surface area contributed by atoms with E-state index in [-0.39, 0.29) is 12.1 Å². The van der Waals surface area contributed by atoms with Gasteiger partial charge < -0.3 is 10.5 Å². The van der Waals surface area contributed by atoms with Crippen LogP contribution in [0.25, 0.3) is 0 Å². The molecule has 1 heterocycles. The van der Waals surface area contributed by atoms with Crippen molar-refractivity contribution in [1.82, 2.24) is 4.90 Å². The van der Waals surface area contributed by atoms with Crippen LogP contribution < -0.4 is 5.73 Å². The van der Waals surface area contributed by atoms with Crippen molar-refractivity contribution >= 4 is 0 Å². The lowest BCUT2D eigenvalue weighted by Gasteiger charge is -2.28. The van der Waals surface area contributed by atoms with E-state index in [1.165, 1.54) is 5.56 Å². The van der Waals surface area contributed by atoms with Crippen LogP contribution >= 0.6 is 0 Å². The van der Waals surface area contributed by atoms with E-state index < -0.39 is 0 Å². The lowest BCUT2D eigenvalue weighted by atomic mass is 9.95. The number of nitrogens with zero attached hydrogens (tertiary/aromatic N) is 1. The van der Waals surface area contributed by atoms with E-state index in [0.717, 1.165) is 13.1 Å². The second-order valence-corrected chi connectivity index (χ2v) is 5.32. The van der Waals surface area contributed by atoms with Gasteiger partial charge in [0.2, 0.25) is 0 Å². The third kappa shape index (κ3) is 2.74. The topological polar surface area (TPSA) is 38.5 Å². The molecule has 1 aliphatic heterocycles. The van der Waals surface area contributed by atoms with Crippen molar-refractivity contribution in [3.63, 3.8) is 0 Å². The zero-order valence-electron chi connectivity index (χ0n) is 11.5. The van der Waals surface area contributed by atoms with Gasteiger partial charge in [-0.15, -0.1) is 0 Å². The largest absolute Gasteiger partial charge is 0.380 e. The van der Waals surface area contributed by atoms with Crippen molar-refractivity contribution in [3.8, 4) is 0 Å². The molecule has 0 aliphatic carbocycles. The van der Waals surface area contributed by atoms with E-state index in [2.05, 4.69) is 49.1 Å². The number of methoxy groups -OCH3 is 1. The van der Waals surface area contributed by atoms with Gasteiger partial charge in [0.15, 0.2) is 0 Å². The third-order valence-corrected chi connectivity index (χ3v) is 4.25. The van der Waals surface area contributed by atoms with Crippen LogP contribution in [-0.2, 0) is 4.74 Å². The first-order chi connectivity index (χ1) is 8.63. The SMILES string of the molecule is COC(C)C(C)N1CC(N)C(c2ccccc2)C1. The van der Waals surface area contributed by atoms with Gasteiger partial charge >= 0.3 is 0 Å². The van der Waals surface area contributed by atoms with Crippen LogP contribution in [0, 0.1) is 0 Å². The second kappa shape index (κ2) is 5.83. The minimum atomic E-state index is 0.221. The van der Waals surface area contributed by atoms with Crippen molar-refractivity contribution in [2.45, 2.75) is 38.0 Å². The molecule has 0 saturated carbocycles. The summed E-state index contributed by atoms with van der Waals surface area (Å²) in [4.78, 5) is 2.44. The number of rotatable bonds is 4. The Morgan fingerprint density at radius 3 is 2.50 bits per heavy atom. The van der Waals surface area contributed by atoms with Crippen LogP contribution in [0.1, 0.15) is 25.3 Å². The molecule has 1 aromatic carbocycles. The number of hydrogen-bond acceptors (Lipinski definition) is 3. The van der Waals surface area contributed by atoms with Crippen LogP contribution in [0.3, 0.4) is 0 Å². The van der Waals surface area contributed by atoms with Gasteiger partial charge in [-0.05, 0) is 19.4 Å². The van der Waals surface area contributed by atoms with E-state index in [0.29, 0.717) is 12.0 Å². The highest BCUT2D eigenvalue weighted by molar-refractivity contribution is 5.23. The average molecular weight is 248 g/mol. The van der Waals surface area contributed by atoms with Crippen molar-refractivity contribution < 1.29 is 4.74 Å². The Morgan fingerprint density at radius 1 is 1.22 bits per heavy atom. The quantitative estimate of drug-likeness (QED) is 0.883. The van der Waals surface area contributed by atoms with E-state index in [1.54, 1.807) is 7.11 Å². The fourth-order valence-electron chi connectivity index (χ4n) is 2.74. The standard InChI is InChI=1S/C15H24N2O/c1-11(12(2)18-3)17-9-14(15(16)10-17)13-7-5-4-6-8-13/h4-8,11-12,14-15H,9-10,16H2,1-3H3. The summed E-state index contributed by atoms with van der Waals surface area (Å²) in [6, 6.07) is 11.2. The Bertz CT molecular complexity index is 368. The summed E-state index contributed by atoms with van der Waals surface area (Å²) in [6.07, 6.45) is 0.242. The molecule has 4 unspecified atom stereocenters. The molecule has 1 aromatic rings. The highest BCUT2D eigenvalue weighted by Crippen LogP contribution is 2.28. The predicted molar refractivity (Wildman–Crippen MR) is 74.7 cm³/mol. The maximum atomic E-state index is 6.30. The van der Waals surface area contributed by atoms with Crippen LogP contribution in [0.15, 0.2) is 30.3 Å². The van der Waals surface area contributed by atoms with Gasteiger partial charge in [0.05, 0.1) is 6.10 Å². The molecule has 3 heteroatoms. The van der Waals surface area contributed by atoms with Crippen molar-refractivity contribution in [3.05, 3.63) is 35.9 Å². The van der Waals surface area contributed by atoms with Gasteiger partial charge in [0, 0.05) is 38.2 Å². The van der Waals surface area contributed by atoms with Crippen LogP contribution in [-0.4, -0.2) is 43.3 Å². The fourth-order valence-corrected chi connectivity index (χ4v) is 2.74. The second-order valence-electron chi connectivity index (χ2n) is 5.32. The first kappa shape index (κ1) is 13.5. The number of ether oxygens (including phenoxy) is 1. The Balaban J connectivity index is 2.05. The summed E-state index contributed by atoms with van der Waals surface area (Å²) < 4.78 is 5.42. The molecule has 1 saturated heterocycles. The normalized spacial score (nSPS) is 28.2. The predicted octanol–water partition coefficient (Wildman–Crippen LogP) is 1.84. The molecule has 0 bridgehead atoms. The molecule has 4 atom stereocenters. The van der Waals surface area contributed by atoms with Gasteiger partial charge in [-0.25, -0.2) is 0 Å². The Hall–Kier alpha value is -0.900. The maximum Gasteiger partial charge on any atom is 0.0695 e. The Morgan fingerprint density at radius 2 is 1.89 bits per heavy atom. The van der Waals surface area contributed by atoms with E-state index in [4.69, 9.17) is 10.5 Å². The maximum absolute atomic E-state index is 6.30. The summed E-state index contributed by atoms with van der Waals surface area (Å²) in [5.41, 5.74) is 7.65. The summed E-state index contributed by atoms with van der Waals surface area (Å²) in [5.74, 6) is 0.442. The van der Waals surface area contributed by atoms with Gasteiger partial charge in [-0.1, -0.05) is 30.3 Å². The molecule has 0 spiro atoms. The van der Waals surface area contributed by atoms with Gasteiger partial charge in [-0.2, -0.15) is 0 Å². The monoisotopic (exact) mass is 248 g/mol. The summed E-state index contributed by atoms with van der Waals surface area (Å²) in [7, 11) is 1.77. The van der Waals surface area contributed by atoms with Crippen molar-refractivity contribution in [1.29, 1.82) is 0 Å². The highest BCUT2D eigenvalue weighted by atomic mass is 16.5. The van der Waals surface area contributed by atoms with Gasteiger partial charge in [-0.3, -0.25) is 4.90 Å². The number of benzene rings is 1. The number of likely N-dealkylation sites (tertiary alicyclic amines) is 1. The molecular weight excluding hydrogens is 224 g/mol. The van der Waals surface area contributed by atoms with Crippen LogP contribution in [0.2, 0.25) is 0 Å². The van der Waals surface area contributed by atoms with Crippen molar-refractivity contribution in [2.24, 2.45) is 5.73 Å². The first-order valence-corrected chi connectivity index (χ1v) is 6.71. The highest BCUT2D eigenvalue weighted by Gasteiger charge is 2.34. The molecule has 2 rings (SSSR count). The van der Waals surface area contributed by atoms with E-state index in [9.17, 15) is 0 Å². The summed E-state index contributed by atoms with van der Waals surface area (Å²) in [6.45, 7) is 6.31. The molecule has 100 valence electrons. The first-order valence-electron chi connectivity index (χ1n) is 6.71. The minimum Gasteiger partial charge on any atom is -0.380 e. The minimum absolute atomic E-state index is 0.221. The lowest BCUT2D eigenvalue weighted by molar-refractivity contribution is 0.0422. The fraction of sp³-hybridized carbons (Fsp3) is 0.600. The molecule has 0 aromatic heterocycles. The molecule has 1 aliphatic rings. The summed E-state index contributed by atoms with van der Waals surface area (Å²) in [5, 5.41) is 0. The number of hydrogen-bond donors (Lipinski definition) is 1. The molecular formula is C15H24N2O. The summed E-state index contributed by atoms with van der Waals surface area (Å²) >= 11 is 0. The molecule has 0 radical (unpaired) electrons. The zero-order chi connectivity index (χ0) is 13.1. The Kier molecular flexibility index (Phi) is 4.38. The van der Waals surface area contributed by atoms with E-state index in [1.807, 2.05) is 0 Å². The van der Waals surface area contributed by atoms with E-state index >= 15 is 0 Å².